The topological polar surface area (TPSA) is 66.8 Å². The third kappa shape index (κ3) is 4.56. The molecule has 1 aromatic rings. The Morgan fingerprint density at radius 2 is 1.91 bits per heavy atom. The number of carboxylic acid groups (broad SMARTS) is 1. The highest BCUT2D eigenvalue weighted by atomic mass is 16.5. The Morgan fingerprint density at radius 3 is 2.50 bits per heavy atom. The number of hydrogen-bond donors (Lipinski definition) is 1. The number of nitrogens with zero attached hydrogens (tertiary/aromatic N) is 1. The predicted molar refractivity (Wildman–Crippen MR) is 82.5 cm³/mol. The number of aliphatic carboxylic acids is 1. The summed E-state index contributed by atoms with van der Waals surface area (Å²) >= 11 is 0. The summed E-state index contributed by atoms with van der Waals surface area (Å²) < 4.78 is 5.29. The standard InChI is InChI=1S/C17H23NO4/c1-18(16(19)12-14-7-9-22-10-8-14)15(17(20)21)11-13-5-3-2-4-6-13/h2-6,14-15H,7-12H2,1H3,(H,20,21). The molecule has 2 rings (SSSR count). The van der Waals surface area contributed by atoms with Crippen molar-refractivity contribution in [3.05, 3.63) is 35.9 Å². The van der Waals surface area contributed by atoms with E-state index in [2.05, 4.69) is 0 Å². The molecule has 1 saturated heterocycles. The molecule has 0 spiro atoms. The average molecular weight is 305 g/mol. The van der Waals surface area contributed by atoms with Gasteiger partial charge in [0.05, 0.1) is 0 Å². The van der Waals surface area contributed by atoms with E-state index in [1.807, 2.05) is 30.3 Å². The Kier molecular flexibility index (Phi) is 5.95. The van der Waals surface area contributed by atoms with Crippen LogP contribution in [0.25, 0.3) is 0 Å². The van der Waals surface area contributed by atoms with E-state index in [0.29, 0.717) is 32.0 Å². The molecule has 1 aliphatic heterocycles. The van der Waals surface area contributed by atoms with Gasteiger partial charge >= 0.3 is 5.97 Å². The Labute approximate surface area is 130 Å². The van der Waals surface area contributed by atoms with E-state index in [4.69, 9.17) is 4.74 Å². The van der Waals surface area contributed by atoms with E-state index in [1.54, 1.807) is 7.05 Å². The number of likely N-dealkylation sites (N-methyl/N-ethyl adjacent to an activating group) is 1. The average Bonchev–Trinajstić information content (AvgIpc) is 2.53. The van der Waals surface area contributed by atoms with E-state index < -0.39 is 12.0 Å². The molecule has 0 aromatic heterocycles. The first kappa shape index (κ1) is 16.5. The first-order valence-electron chi connectivity index (χ1n) is 7.68. The highest BCUT2D eigenvalue weighted by Gasteiger charge is 2.28. The monoisotopic (exact) mass is 305 g/mol. The van der Waals surface area contributed by atoms with Crippen molar-refractivity contribution < 1.29 is 19.4 Å². The van der Waals surface area contributed by atoms with Crippen LogP contribution in [0.5, 0.6) is 0 Å². The number of hydrogen-bond acceptors (Lipinski definition) is 3. The summed E-state index contributed by atoms with van der Waals surface area (Å²) in [5.74, 6) is -0.767. The second-order valence-electron chi connectivity index (χ2n) is 5.81. The van der Waals surface area contributed by atoms with Crippen molar-refractivity contribution >= 4 is 11.9 Å². The van der Waals surface area contributed by atoms with E-state index in [-0.39, 0.29) is 5.91 Å². The van der Waals surface area contributed by atoms with Gasteiger partial charge in [-0.05, 0) is 24.3 Å². The molecule has 1 N–H and O–H groups in total. The van der Waals surface area contributed by atoms with E-state index >= 15 is 0 Å². The second-order valence-corrected chi connectivity index (χ2v) is 5.81. The van der Waals surface area contributed by atoms with Crippen LogP contribution < -0.4 is 0 Å². The number of carbonyl (C=O) groups is 2. The molecule has 1 aromatic carbocycles. The third-order valence-electron chi connectivity index (χ3n) is 4.22. The van der Waals surface area contributed by atoms with Crippen LogP contribution >= 0.6 is 0 Å². The molecule has 1 amide bonds. The van der Waals surface area contributed by atoms with Crippen molar-refractivity contribution in [2.45, 2.75) is 31.7 Å². The molecule has 0 aliphatic carbocycles. The Hall–Kier alpha value is -1.88. The summed E-state index contributed by atoms with van der Waals surface area (Å²) in [6.07, 6.45) is 2.47. The highest BCUT2D eigenvalue weighted by Crippen LogP contribution is 2.20. The summed E-state index contributed by atoms with van der Waals surface area (Å²) in [6, 6.07) is 8.57. The molecule has 120 valence electrons. The molecule has 5 heteroatoms. The van der Waals surface area contributed by atoms with Gasteiger partial charge < -0.3 is 14.7 Å². The van der Waals surface area contributed by atoms with E-state index in [1.165, 1.54) is 4.90 Å². The summed E-state index contributed by atoms with van der Waals surface area (Å²) in [4.78, 5) is 25.3. The van der Waals surface area contributed by atoms with Gasteiger partial charge in [-0.2, -0.15) is 0 Å². The van der Waals surface area contributed by atoms with Gasteiger partial charge in [0.25, 0.3) is 0 Å². The highest BCUT2D eigenvalue weighted by molar-refractivity contribution is 5.83. The molecular formula is C17H23NO4. The normalized spacial score (nSPS) is 17.0. The number of ether oxygens (including phenoxy) is 1. The molecule has 1 unspecified atom stereocenters. The Balaban J connectivity index is 1.97. The van der Waals surface area contributed by atoms with Crippen LogP contribution in [0.4, 0.5) is 0 Å². The zero-order chi connectivity index (χ0) is 15.9. The summed E-state index contributed by atoms with van der Waals surface area (Å²) in [5.41, 5.74) is 0.917. The summed E-state index contributed by atoms with van der Waals surface area (Å²) in [5, 5.41) is 9.45. The molecule has 0 saturated carbocycles. The molecule has 1 heterocycles. The fourth-order valence-electron chi connectivity index (χ4n) is 2.74. The van der Waals surface area contributed by atoms with Crippen molar-refractivity contribution in [2.75, 3.05) is 20.3 Å². The minimum Gasteiger partial charge on any atom is -0.480 e. The minimum absolute atomic E-state index is 0.102. The molecule has 22 heavy (non-hydrogen) atoms. The molecule has 1 aliphatic rings. The molecule has 1 fully saturated rings. The lowest BCUT2D eigenvalue weighted by molar-refractivity contribution is -0.149. The van der Waals surface area contributed by atoms with Crippen LogP contribution in [-0.4, -0.2) is 48.2 Å². The van der Waals surface area contributed by atoms with Crippen LogP contribution in [-0.2, 0) is 20.7 Å². The zero-order valence-electron chi connectivity index (χ0n) is 12.9. The number of carbonyl (C=O) groups excluding carboxylic acids is 1. The smallest absolute Gasteiger partial charge is 0.326 e. The van der Waals surface area contributed by atoms with Crippen molar-refractivity contribution in [3.8, 4) is 0 Å². The van der Waals surface area contributed by atoms with Crippen molar-refractivity contribution in [3.63, 3.8) is 0 Å². The lowest BCUT2D eigenvalue weighted by Crippen LogP contribution is -2.44. The maximum atomic E-state index is 12.4. The van der Waals surface area contributed by atoms with Crippen molar-refractivity contribution in [1.29, 1.82) is 0 Å². The molecule has 0 radical (unpaired) electrons. The van der Waals surface area contributed by atoms with Crippen LogP contribution in [0.3, 0.4) is 0 Å². The van der Waals surface area contributed by atoms with Gasteiger partial charge in [-0.15, -0.1) is 0 Å². The molecule has 1 atom stereocenters. The fourth-order valence-corrected chi connectivity index (χ4v) is 2.74. The molecule has 0 bridgehead atoms. The number of rotatable bonds is 6. The largest absolute Gasteiger partial charge is 0.480 e. The third-order valence-corrected chi connectivity index (χ3v) is 4.22. The van der Waals surface area contributed by atoms with Gasteiger partial charge in [0, 0.05) is 33.1 Å². The fraction of sp³-hybridized carbons (Fsp3) is 0.529. The second kappa shape index (κ2) is 7.94. The SMILES string of the molecule is CN(C(=O)CC1CCOCC1)C(Cc1ccccc1)C(=O)O. The molecule has 5 nitrogen and oxygen atoms in total. The van der Waals surface area contributed by atoms with Crippen LogP contribution in [0.2, 0.25) is 0 Å². The quantitative estimate of drug-likeness (QED) is 0.872. The van der Waals surface area contributed by atoms with Crippen LogP contribution in [0.15, 0.2) is 30.3 Å². The Morgan fingerprint density at radius 1 is 1.27 bits per heavy atom. The van der Waals surface area contributed by atoms with Gasteiger partial charge in [0.15, 0.2) is 0 Å². The maximum absolute atomic E-state index is 12.4. The van der Waals surface area contributed by atoms with Gasteiger partial charge in [0.2, 0.25) is 5.91 Å². The number of benzene rings is 1. The minimum atomic E-state index is -0.966. The number of carboxylic acids is 1. The van der Waals surface area contributed by atoms with Gasteiger partial charge in [-0.25, -0.2) is 4.79 Å². The van der Waals surface area contributed by atoms with E-state index in [9.17, 15) is 14.7 Å². The first-order chi connectivity index (χ1) is 10.6. The van der Waals surface area contributed by atoms with E-state index in [0.717, 1.165) is 18.4 Å². The van der Waals surface area contributed by atoms with Gasteiger partial charge in [0.1, 0.15) is 6.04 Å². The van der Waals surface area contributed by atoms with Gasteiger partial charge in [-0.1, -0.05) is 30.3 Å². The Bertz CT molecular complexity index is 497. The van der Waals surface area contributed by atoms with Gasteiger partial charge in [-0.3, -0.25) is 4.79 Å². The van der Waals surface area contributed by atoms with Crippen molar-refractivity contribution in [1.82, 2.24) is 4.90 Å². The van der Waals surface area contributed by atoms with Crippen molar-refractivity contribution in [2.24, 2.45) is 5.92 Å². The lowest BCUT2D eigenvalue weighted by atomic mass is 9.95. The predicted octanol–water partition coefficient (Wildman–Crippen LogP) is 1.96. The zero-order valence-corrected chi connectivity index (χ0v) is 12.9. The first-order valence-corrected chi connectivity index (χ1v) is 7.68. The van der Waals surface area contributed by atoms with Crippen LogP contribution in [0.1, 0.15) is 24.8 Å². The molecular weight excluding hydrogens is 282 g/mol. The lowest BCUT2D eigenvalue weighted by Gasteiger charge is -2.28. The summed E-state index contributed by atoms with van der Waals surface area (Å²) in [6.45, 7) is 1.38. The summed E-state index contributed by atoms with van der Waals surface area (Å²) in [7, 11) is 1.59. The maximum Gasteiger partial charge on any atom is 0.326 e. The van der Waals surface area contributed by atoms with Crippen LogP contribution in [0, 0.1) is 5.92 Å². The number of amides is 1.